The Bertz CT molecular complexity index is 1090. The standard InChI is InChI=1S/C21H30N8O5S/c1-9(5-11(30)8-28-21(22)24-25-26-28)14-15-10(2)17(16(20(33)34)29(15)19(14)32)35-12-6-13(23-7-12)18(31)27(3)4/h9-10,12-15,23H,5-8H2,1-4H3,(H,33,34)(H2,22,24,26)/t9-,10+,12-,13-,14+,15+/m0/s1. The van der Waals surface area contributed by atoms with Crippen LogP contribution in [0.3, 0.4) is 0 Å². The summed E-state index contributed by atoms with van der Waals surface area (Å²) in [6.07, 6.45) is 0.705. The summed E-state index contributed by atoms with van der Waals surface area (Å²) in [6, 6.07) is -0.620. The van der Waals surface area contributed by atoms with Gasteiger partial charge in [0.05, 0.1) is 18.0 Å². The molecule has 4 N–H and O–H groups in total. The molecule has 2 saturated heterocycles. The number of anilines is 1. The molecule has 2 amide bonds. The molecule has 0 bridgehead atoms. The molecule has 190 valence electrons. The van der Waals surface area contributed by atoms with Crippen molar-refractivity contribution in [3.63, 3.8) is 0 Å². The van der Waals surface area contributed by atoms with Gasteiger partial charge in [0.25, 0.3) is 0 Å². The smallest absolute Gasteiger partial charge is 0.353 e. The average molecular weight is 507 g/mol. The molecule has 35 heavy (non-hydrogen) atoms. The molecule has 3 aliphatic rings. The highest BCUT2D eigenvalue weighted by Gasteiger charge is 2.60. The number of tetrazole rings is 1. The third-order valence-corrected chi connectivity index (χ3v) is 8.47. The van der Waals surface area contributed by atoms with Gasteiger partial charge in [-0.3, -0.25) is 14.4 Å². The molecule has 0 spiro atoms. The SMILES string of the molecule is C[C@@H](CC(=O)Cn1nnnc1N)[C@H]1C(=O)N2C(C(=O)O)=C(S[C@@H]3CN[C@H](C(=O)N(C)C)C3)[C@H](C)[C@H]12. The van der Waals surface area contributed by atoms with Gasteiger partial charge in [0, 0.05) is 43.1 Å². The fraction of sp³-hybridized carbons (Fsp3) is 0.667. The number of carboxylic acids is 1. The summed E-state index contributed by atoms with van der Waals surface area (Å²) >= 11 is 1.44. The van der Waals surface area contributed by atoms with Gasteiger partial charge >= 0.3 is 5.97 Å². The number of aliphatic carboxylic acids is 1. The predicted octanol–water partition coefficient (Wildman–Crippen LogP) is -0.825. The normalized spacial score (nSPS) is 28.6. The van der Waals surface area contributed by atoms with Crippen molar-refractivity contribution in [1.29, 1.82) is 0 Å². The zero-order valence-corrected chi connectivity index (χ0v) is 20.9. The van der Waals surface area contributed by atoms with Gasteiger partial charge in [0.15, 0.2) is 5.78 Å². The molecule has 0 radical (unpaired) electrons. The number of Topliss-reactive ketones (excluding diaryl/α,β-unsaturated/α-hetero) is 1. The lowest BCUT2D eigenvalue weighted by Crippen LogP contribution is -2.62. The van der Waals surface area contributed by atoms with E-state index in [0.29, 0.717) is 17.9 Å². The van der Waals surface area contributed by atoms with Crippen molar-refractivity contribution in [2.45, 2.75) is 50.6 Å². The molecule has 14 heteroatoms. The van der Waals surface area contributed by atoms with Gasteiger partial charge in [-0.25, -0.2) is 9.48 Å². The number of rotatable bonds is 9. The maximum atomic E-state index is 13.1. The van der Waals surface area contributed by atoms with Crippen LogP contribution in [-0.2, 0) is 25.7 Å². The van der Waals surface area contributed by atoms with E-state index in [2.05, 4.69) is 20.8 Å². The van der Waals surface area contributed by atoms with Crippen LogP contribution in [-0.4, -0.2) is 96.7 Å². The first-order valence-corrected chi connectivity index (χ1v) is 12.3. The van der Waals surface area contributed by atoms with Gasteiger partial charge in [-0.05, 0) is 22.8 Å². The van der Waals surface area contributed by atoms with Crippen molar-refractivity contribution in [3.8, 4) is 0 Å². The first-order chi connectivity index (χ1) is 16.5. The highest BCUT2D eigenvalue weighted by atomic mass is 32.2. The second-order valence-electron chi connectivity index (χ2n) is 9.62. The fourth-order valence-electron chi connectivity index (χ4n) is 5.28. The van der Waals surface area contributed by atoms with Gasteiger partial charge in [-0.15, -0.1) is 11.8 Å². The largest absolute Gasteiger partial charge is 0.477 e. The summed E-state index contributed by atoms with van der Waals surface area (Å²) in [5, 5.41) is 23.8. The Balaban J connectivity index is 1.44. The van der Waals surface area contributed by atoms with Crippen LogP contribution in [0.1, 0.15) is 26.7 Å². The Labute approximate surface area is 206 Å². The first kappa shape index (κ1) is 25.1. The molecule has 1 aromatic heterocycles. The molecule has 0 aliphatic carbocycles. The van der Waals surface area contributed by atoms with E-state index in [9.17, 15) is 24.3 Å². The first-order valence-electron chi connectivity index (χ1n) is 11.5. The van der Waals surface area contributed by atoms with Crippen molar-refractivity contribution in [1.82, 2.24) is 35.3 Å². The molecule has 2 fully saturated rings. The number of aromatic nitrogens is 4. The van der Waals surface area contributed by atoms with E-state index in [1.807, 2.05) is 13.8 Å². The van der Waals surface area contributed by atoms with Crippen LogP contribution >= 0.6 is 11.8 Å². The van der Waals surface area contributed by atoms with Crippen LogP contribution in [0.4, 0.5) is 5.95 Å². The molecule has 0 aromatic carbocycles. The van der Waals surface area contributed by atoms with Crippen LogP contribution < -0.4 is 11.1 Å². The number of nitrogens with one attached hydrogen (secondary N) is 1. The van der Waals surface area contributed by atoms with Gasteiger partial charge < -0.3 is 26.0 Å². The molecular weight excluding hydrogens is 476 g/mol. The molecule has 0 saturated carbocycles. The summed E-state index contributed by atoms with van der Waals surface area (Å²) in [6.45, 7) is 4.24. The van der Waals surface area contributed by atoms with Crippen molar-refractivity contribution in [2.24, 2.45) is 17.8 Å². The zero-order valence-electron chi connectivity index (χ0n) is 20.0. The Hall–Kier alpha value is -3.00. The maximum absolute atomic E-state index is 13.1. The summed E-state index contributed by atoms with van der Waals surface area (Å²) in [4.78, 5) is 53.7. The number of thioether (sulfide) groups is 1. The van der Waals surface area contributed by atoms with E-state index in [1.165, 1.54) is 26.2 Å². The van der Waals surface area contributed by atoms with Gasteiger partial charge in [-0.1, -0.05) is 18.9 Å². The number of ketones is 1. The van der Waals surface area contributed by atoms with Crippen molar-refractivity contribution >= 4 is 41.3 Å². The monoisotopic (exact) mass is 506 g/mol. The number of nitrogens with two attached hydrogens (primary N) is 1. The van der Waals surface area contributed by atoms with Gasteiger partial charge in [0.2, 0.25) is 17.8 Å². The second kappa shape index (κ2) is 9.57. The van der Waals surface area contributed by atoms with E-state index < -0.39 is 11.9 Å². The zero-order chi connectivity index (χ0) is 25.6. The summed E-state index contributed by atoms with van der Waals surface area (Å²) in [7, 11) is 3.41. The van der Waals surface area contributed by atoms with Crippen LogP contribution in [0, 0.1) is 17.8 Å². The number of fused-ring (bicyclic) bond motifs is 1. The maximum Gasteiger partial charge on any atom is 0.353 e. The number of β-lactam (4-membered cyclic amide) rings is 1. The predicted molar refractivity (Wildman–Crippen MR) is 125 cm³/mol. The number of carbonyl (C=O) groups is 4. The van der Waals surface area contributed by atoms with Crippen LogP contribution in [0.5, 0.6) is 0 Å². The number of amides is 2. The third-order valence-electron chi connectivity index (χ3n) is 6.96. The molecule has 4 heterocycles. The molecule has 6 atom stereocenters. The summed E-state index contributed by atoms with van der Waals surface area (Å²) in [5.41, 5.74) is 5.64. The lowest BCUT2D eigenvalue weighted by atomic mass is 9.73. The quantitative estimate of drug-likeness (QED) is 0.356. The molecule has 0 unspecified atom stereocenters. The third kappa shape index (κ3) is 4.51. The molecule has 4 rings (SSSR count). The van der Waals surface area contributed by atoms with Crippen molar-refractivity contribution in [2.75, 3.05) is 26.4 Å². The summed E-state index contributed by atoms with van der Waals surface area (Å²) < 4.78 is 1.20. The Kier molecular flexibility index (Phi) is 6.86. The highest BCUT2D eigenvalue weighted by molar-refractivity contribution is 8.03. The van der Waals surface area contributed by atoms with Gasteiger partial charge in [0.1, 0.15) is 12.2 Å². The molecule has 1 aromatic rings. The van der Waals surface area contributed by atoms with E-state index >= 15 is 0 Å². The topological polar surface area (TPSA) is 177 Å². The van der Waals surface area contributed by atoms with E-state index in [-0.39, 0.29) is 71.4 Å². The number of likely N-dealkylation sites (N-methyl/N-ethyl adjacent to an activating group) is 1. The number of hydrogen-bond donors (Lipinski definition) is 3. The minimum atomic E-state index is -1.14. The highest BCUT2D eigenvalue weighted by Crippen LogP contribution is 2.53. The van der Waals surface area contributed by atoms with E-state index in [0.717, 1.165) is 0 Å². The number of hydrogen-bond acceptors (Lipinski definition) is 10. The number of nitrogens with zero attached hydrogens (tertiary/aromatic N) is 6. The lowest BCUT2D eigenvalue weighted by molar-refractivity contribution is -0.160. The molecule has 13 nitrogen and oxygen atoms in total. The van der Waals surface area contributed by atoms with Gasteiger partial charge in [-0.2, -0.15) is 0 Å². The minimum Gasteiger partial charge on any atom is -0.477 e. The van der Waals surface area contributed by atoms with Crippen molar-refractivity contribution in [3.05, 3.63) is 10.6 Å². The van der Waals surface area contributed by atoms with E-state index in [4.69, 9.17) is 5.73 Å². The molecule has 3 aliphatic heterocycles. The Morgan fingerprint density at radius 3 is 2.66 bits per heavy atom. The fourth-order valence-corrected chi connectivity index (χ4v) is 6.76. The Morgan fingerprint density at radius 2 is 2.06 bits per heavy atom. The lowest BCUT2D eigenvalue weighted by Gasteiger charge is -2.47. The van der Waals surface area contributed by atoms with Crippen LogP contribution in [0.2, 0.25) is 0 Å². The average Bonchev–Trinajstić information content (AvgIpc) is 3.46. The van der Waals surface area contributed by atoms with Crippen LogP contribution in [0.15, 0.2) is 10.6 Å². The van der Waals surface area contributed by atoms with Crippen molar-refractivity contribution < 1.29 is 24.3 Å². The van der Waals surface area contributed by atoms with Crippen LogP contribution in [0.25, 0.3) is 0 Å². The number of carbonyl (C=O) groups excluding carboxylic acids is 3. The second-order valence-corrected chi connectivity index (χ2v) is 11.0. The Morgan fingerprint density at radius 1 is 1.34 bits per heavy atom. The summed E-state index contributed by atoms with van der Waals surface area (Å²) in [5.74, 6) is -2.49. The minimum absolute atomic E-state index is 0.0130. The number of nitrogen functional groups attached to an aromatic ring is 1. The van der Waals surface area contributed by atoms with E-state index in [1.54, 1.807) is 14.1 Å². The number of carboxylic acid groups (broad SMARTS) is 1. The molecular formula is C21H30N8O5S.